The SMILES string of the molecule is C#CC(CC)NC(C)C(=O)Nc1ccc(C)cc1. The highest BCUT2D eigenvalue weighted by molar-refractivity contribution is 5.94. The third kappa shape index (κ3) is 4.23. The number of benzene rings is 1. The Kier molecular flexibility index (Phi) is 5.41. The Hall–Kier alpha value is -1.79. The molecule has 0 aliphatic rings. The van der Waals surface area contributed by atoms with Crippen molar-refractivity contribution in [2.45, 2.75) is 39.3 Å². The van der Waals surface area contributed by atoms with Gasteiger partial charge in [-0.15, -0.1) is 6.42 Å². The predicted octanol–water partition coefficient (Wildman–Crippen LogP) is 2.32. The minimum atomic E-state index is -0.313. The third-order valence-corrected chi connectivity index (χ3v) is 2.77. The molecule has 0 aliphatic carbocycles. The van der Waals surface area contributed by atoms with Gasteiger partial charge in [0.1, 0.15) is 0 Å². The first-order chi connectivity index (χ1) is 8.56. The van der Waals surface area contributed by atoms with Gasteiger partial charge in [0.2, 0.25) is 5.91 Å². The quantitative estimate of drug-likeness (QED) is 0.780. The average molecular weight is 244 g/mol. The number of hydrogen-bond acceptors (Lipinski definition) is 2. The summed E-state index contributed by atoms with van der Waals surface area (Å²) < 4.78 is 0. The first kappa shape index (κ1) is 14.3. The summed E-state index contributed by atoms with van der Waals surface area (Å²) in [7, 11) is 0. The molecule has 0 heterocycles. The second kappa shape index (κ2) is 6.83. The number of nitrogens with one attached hydrogen (secondary N) is 2. The van der Waals surface area contributed by atoms with Crippen LogP contribution in [-0.4, -0.2) is 18.0 Å². The molecule has 0 aromatic heterocycles. The zero-order valence-electron chi connectivity index (χ0n) is 11.2. The second-order valence-corrected chi connectivity index (χ2v) is 4.37. The van der Waals surface area contributed by atoms with E-state index in [1.54, 1.807) is 0 Å². The van der Waals surface area contributed by atoms with Crippen LogP contribution in [0, 0.1) is 19.3 Å². The third-order valence-electron chi connectivity index (χ3n) is 2.77. The van der Waals surface area contributed by atoms with Gasteiger partial charge >= 0.3 is 0 Å². The Morgan fingerprint density at radius 2 is 2.00 bits per heavy atom. The summed E-state index contributed by atoms with van der Waals surface area (Å²) in [4.78, 5) is 11.9. The highest BCUT2D eigenvalue weighted by Gasteiger charge is 2.15. The Balaban J connectivity index is 2.55. The Labute approximate surface area is 109 Å². The van der Waals surface area contributed by atoms with Crippen molar-refractivity contribution in [3.63, 3.8) is 0 Å². The van der Waals surface area contributed by atoms with Crippen molar-refractivity contribution in [1.82, 2.24) is 5.32 Å². The molecule has 1 amide bonds. The maximum absolute atomic E-state index is 11.9. The van der Waals surface area contributed by atoms with Gasteiger partial charge in [0.25, 0.3) is 0 Å². The molecule has 0 saturated heterocycles. The Morgan fingerprint density at radius 3 is 2.50 bits per heavy atom. The van der Waals surface area contributed by atoms with Crippen molar-refractivity contribution in [2.24, 2.45) is 0 Å². The van der Waals surface area contributed by atoms with Crippen LogP contribution in [0.15, 0.2) is 24.3 Å². The second-order valence-electron chi connectivity index (χ2n) is 4.37. The van der Waals surface area contributed by atoms with Crippen molar-refractivity contribution in [3.05, 3.63) is 29.8 Å². The van der Waals surface area contributed by atoms with E-state index in [9.17, 15) is 4.79 Å². The van der Waals surface area contributed by atoms with Crippen LogP contribution in [0.4, 0.5) is 5.69 Å². The summed E-state index contributed by atoms with van der Waals surface area (Å²) in [5.41, 5.74) is 1.96. The van der Waals surface area contributed by atoms with E-state index in [2.05, 4.69) is 16.6 Å². The highest BCUT2D eigenvalue weighted by Crippen LogP contribution is 2.09. The van der Waals surface area contributed by atoms with Crippen LogP contribution in [0.25, 0.3) is 0 Å². The maximum Gasteiger partial charge on any atom is 0.241 e. The molecule has 0 spiro atoms. The van der Waals surface area contributed by atoms with Gasteiger partial charge in [0, 0.05) is 5.69 Å². The number of hydrogen-bond donors (Lipinski definition) is 2. The number of carbonyl (C=O) groups excluding carboxylic acids is 1. The van der Waals surface area contributed by atoms with E-state index >= 15 is 0 Å². The zero-order chi connectivity index (χ0) is 13.5. The molecule has 0 saturated carbocycles. The molecule has 0 aliphatic heterocycles. The van der Waals surface area contributed by atoms with Crippen LogP contribution < -0.4 is 10.6 Å². The number of aryl methyl sites for hydroxylation is 1. The van der Waals surface area contributed by atoms with Crippen molar-refractivity contribution in [3.8, 4) is 12.3 Å². The van der Waals surface area contributed by atoms with E-state index < -0.39 is 0 Å². The predicted molar refractivity (Wildman–Crippen MR) is 75.3 cm³/mol. The molecule has 96 valence electrons. The molecule has 0 radical (unpaired) electrons. The summed E-state index contributed by atoms with van der Waals surface area (Å²) in [5.74, 6) is 2.54. The normalized spacial score (nSPS) is 13.4. The van der Waals surface area contributed by atoms with Crippen molar-refractivity contribution >= 4 is 11.6 Å². The summed E-state index contributed by atoms with van der Waals surface area (Å²) in [5, 5.41) is 5.95. The summed E-state index contributed by atoms with van der Waals surface area (Å²) >= 11 is 0. The van der Waals surface area contributed by atoms with Gasteiger partial charge in [0.05, 0.1) is 12.1 Å². The number of terminal acetylenes is 1. The van der Waals surface area contributed by atoms with Crippen molar-refractivity contribution < 1.29 is 4.79 Å². The van der Waals surface area contributed by atoms with Crippen molar-refractivity contribution in [1.29, 1.82) is 0 Å². The number of amides is 1. The van der Waals surface area contributed by atoms with E-state index in [-0.39, 0.29) is 18.0 Å². The monoisotopic (exact) mass is 244 g/mol. The molecule has 3 nitrogen and oxygen atoms in total. The first-order valence-corrected chi connectivity index (χ1v) is 6.16. The van der Waals surface area contributed by atoms with Gasteiger partial charge in [-0.05, 0) is 32.4 Å². The molecule has 2 atom stereocenters. The standard InChI is InChI=1S/C15H20N2O/c1-5-13(6-2)16-12(4)15(18)17-14-9-7-11(3)8-10-14/h1,7-10,12-13,16H,6H2,2-4H3,(H,17,18). The molecular formula is C15H20N2O. The van der Waals surface area contributed by atoms with Crippen LogP contribution >= 0.6 is 0 Å². The van der Waals surface area contributed by atoms with Gasteiger partial charge in [-0.2, -0.15) is 0 Å². The topological polar surface area (TPSA) is 41.1 Å². The summed E-state index contributed by atoms with van der Waals surface area (Å²) in [6.07, 6.45) is 6.16. The molecular weight excluding hydrogens is 224 g/mol. The Bertz CT molecular complexity index is 431. The number of carbonyl (C=O) groups is 1. The van der Waals surface area contributed by atoms with Crippen molar-refractivity contribution in [2.75, 3.05) is 5.32 Å². The van der Waals surface area contributed by atoms with Gasteiger partial charge < -0.3 is 5.32 Å². The highest BCUT2D eigenvalue weighted by atomic mass is 16.2. The Morgan fingerprint density at radius 1 is 1.39 bits per heavy atom. The largest absolute Gasteiger partial charge is 0.325 e. The molecule has 1 aromatic carbocycles. The smallest absolute Gasteiger partial charge is 0.241 e. The van der Waals surface area contributed by atoms with E-state index in [1.165, 1.54) is 0 Å². The van der Waals surface area contributed by atoms with Gasteiger partial charge in [-0.3, -0.25) is 10.1 Å². The van der Waals surface area contributed by atoms with E-state index in [4.69, 9.17) is 6.42 Å². The number of anilines is 1. The summed E-state index contributed by atoms with van der Waals surface area (Å²) in [6.45, 7) is 5.81. The lowest BCUT2D eigenvalue weighted by molar-refractivity contribution is -0.117. The lowest BCUT2D eigenvalue weighted by Gasteiger charge is -2.17. The molecule has 3 heteroatoms. The molecule has 1 rings (SSSR count). The van der Waals surface area contributed by atoms with Crippen LogP contribution in [0.5, 0.6) is 0 Å². The van der Waals surface area contributed by atoms with Gasteiger partial charge in [0.15, 0.2) is 0 Å². The first-order valence-electron chi connectivity index (χ1n) is 6.16. The van der Waals surface area contributed by atoms with E-state index in [1.807, 2.05) is 45.0 Å². The molecule has 18 heavy (non-hydrogen) atoms. The van der Waals surface area contributed by atoms with E-state index in [0.717, 1.165) is 17.7 Å². The fourth-order valence-corrected chi connectivity index (χ4v) is 1.55. The molecule has 0 bridgehead atoms. The van der Waals surface area contributed by atoms with Crippen LogP contribution in [0.3, 0.4) is 0 Å². The fourth-order valence-electron chi connectivity index (χ4n) is 1.55. The fraction of sp³-hybridized carbons (Fsp3) is 0.400. The number of rotatable bonds is 5. The van der Waals surface area contributed by atoms with Crippen LogP contribution in [0.2, 0.25) is 0 Å². The minimum Gasteiger partial charge on any atom is -0.325 e. The lowest BCUT2D eigenvalue weighted by Crippen LogP contribution is -2.43. The molecule has 1 aromatic rings. The molecule has 2 unspecified atom stereocenters. The van der Waals surface area contributed by atoms with E-state index in [0.29, 0.717) is 0 Å². The zero-order valence-corrected chi connectivity index (χ0v) is 11.2. The lowest BCUT2D eigenvalue weighted by atomic mass is 10.2. The van der Waals surface area contributed by atoms with Crippen LogP contribution in [0.1, 0.15) is 25.8 Å². The van der Waals surface area contributed by atoms with Gasteiger partial charge in [-0.25, -0.2) is 0 Å². The van der Waals surface area contributed by atoms with Gasteiger partial charge in [-0.1, -0.05) is 30.5 Å². The molecule has 2 N–H and O–H groups in total. The average Bonchev–Trinajstić information content (AvgIpc) is 2.38. The maximum atomic E-state index is 11.9. The minimum absolute atomic E-state index is 0.0660. The summed E-state index contributed by atoms with van der Waals surface area (Å²) in [6, 6.07) is 7.32. The molecule has 0 fully saturated rings. The van der Waals surface area contributed by atoms with Crippen LogP contribution in [-0.2, 0) is 4.79 Å².